The number of alkyl halides is 3. The van der Waals surface area contributed by atoms with Crippen molar-refractivity contribution < 1.29 is 46.6 Å². The highest BCUT2D eigenvalue weighted by Gasteiger charge is 2.31. The monoisotopic (exact) mass is 567 g/mol. The molecule has 0 fully saturated rings. The Morgan fingerprint density at radius 3 is 2.05 bits per heavy atom. The molecule has 3 amide bonds. The standard InChI is InChI=1S/C27H32F3N3O7/c1-26(2,3)40-25(37)33-22(18-9-11-20(12-10-18)39-27(28,29)30)24(36)32-15-13-17-5-7-19(8-6-17)23(35)31-16-14-21(34)38-4/h5-12,22H,13-16H2,1-4H3,(H,31,35)(H,32,36)(H,33,37). The van der Waals surface area contributed by atoms with E-state index in [1.54, 1.807) is 45.0 Å². The molecule has 0 aromatic heterocycles. The molecule has 1 atom stereocenters. The van der Waals surface area contributed by atoms with E-state index in [0.717, 1.165) is 17.7 Å². The highest BCUT2D eigenvalue weighted by Crippen LogP contribution is 2.25. The van der Waals surface area contributed by atoms with Gasteiger partial charge in [0.25, 0.3) is 5.91 Å². The van der Waals surface area contributed by atoms with Crippen molar-refractivity contribution in [3.63, 3.8) is 0 Å². The predicted octanol–water partition coefficient (Wildman–Crippen LogP) is 3.80. The second-order valence-electron chi connectivity index (χ2n) is 9.52. The zero-order chi connectivity index (χ0) is 29.9. The maximum Gasteiger partial charge on any atom is 0.573 e. The molecule has 0 aliphatic rings. The lowest BCUT2D eigenvalue weighted by atomic mass is 10.1. The first-order chi connectivity index (χ1) is 18.7. The molecule has 0 heterocycles. The summed E-state index contributed by atoms with van der Waals surface area (Å²) in [6.07, 6.45) is -5.33. The van der Waals surface area contributed by atoms with Crippen molar-refractivity contribution in [2.45, 2.75) is 51.6 Å². The van der Waals surface area contributed by atoms with Gasteiger partial charge in [0.05, 0.1) is 13.5 Å². The van der Waals surface area contributed by atoms with Crippen LogP contribution in [-0.2, 0) is 25.5 Å². The van der Waals surface area contributed by atoms with Crippen LogP contribution in [0.3, 0.4) is 0 Å². The summed E-state index contributed by atoms with van der Waals surface area (Å²) >= 11 is 0. The maximum atomic E-state index is 13.0. The van der Waals surface area contributed by atoms with Gasteiger partial charge in [0.15, 0.2) is 0 Å². The zero-order valence-electron chi connectivity index (χ0n) is 22.5. The van der Waals surface area contributed by atoms with Gasteiger partial charge in [-0.15, -0.1) is 13.2 Å². The smallest absolute Gasteiger partial charge is 0.469 e. The minimum atomic E-state index is -4.88. The van der Waals surface area contributed by atoms with Crippen LogP contribution in [0.15, 0.2) is 48.5 Å². The van der Waals surface area contributed by atoms with E-state index in [2.05, 4.69) is 25.4 Å². The van der Waals surface area contributed by atoms with Crippen LogP contribution in [0.5, 0.6) is 5.75 Å². The molecule has 13 heteroatoms. The molecular weight excluding hydrogens is 535 g/mol. The molecule has 0 aliphatic carbocycles. The van der Waals surface area contributed by atoms with Crippen LogP contribution in [-0.4, -0.2) is 56.0 Å². The average molecular weight is 568 g/mol. The van der Waals surface area contributed by atoms with Gasteiger partial charge in [0.1, 0.15) is 17.4 Å². The highest BCUT2D eigenvalue weighted by molar-refractivity contribution is 5.94. The molecule has 1 unspecified atom stereocenters. The van der Waals surface area contributed by atoms with Gasteiger partial charge >= 0.3 is 18.4 Å². The molecule has 0 radical (unpaired) electrons. The predicted molar refractivity (Wildman–Crippen MR) is 137 cm³/mol. The van der Waals surface area contributed by atoms with Crippen molar-refractivity contribution in [3.05, 3.63) is 65.2 Å². The molecule has 0 aliphatic heterocycles. The Hall–Kier alpha value is -4.29. The molecule has 0 saturated heterocycles. The number of hydrogen-bond donors (Lipinski definition) is 3. The molecule has 0 spiro atoms. The van der Waals surface area contributed by atoms with E-state index in [-0.39, 0.29) is 31.0 Å². The maximum absolute atomic E-state index is 13.0. The van der Waals surface area contributed by atoms with E-state index in [9.17, 15) is 32.3 Å². The Balaban J connectivity index is 2.01. The van der Waals surface area contributed by atoms with E-state index in [1.807, 2.05) is 0 Å². The van der Waals surface area contributed by atoms with Crippen LogP contribution in [0, 0.1) is 0 Å². The third-order valence-corrected chi connectivity index (χ3v) is 5.14. The van der Waals surface area contributed by atoms with Crippen LogP contribution in [0.4, 0.5) is 18.0 Å². The van der Waals surface area contributed by atoms with Gasteiger partial charge < -0.3 is 30.2 Å². The van der Waals surface area contributed by atoms with E-state index < -0.39 is 41.7 Å². The summed E-state index contributed by atoms with van der Waals surface area (Å²) in [6.45, 7) is 5.22. The fraction of sp³-hybridized carbons (Fsp3) is 0.407. The topological polar surface area (TPSA) is 132 Å². The van der Waals surface area contributed by atoms with E-state index >= 15 is 0 Å². The Bertz CT molecular complexity index is 1160. The number of hydrogen-bond acceptors (Lipinski definition) is 7. The number of rotatable bonds is 11. The number of nitrogens with one attached hydrogen (secondary N) is 3. The number of esters is 1. The molecule has 40 heavy (non-hydrogen) atoms. The molecule has 3 N–H and O–H groups in total. The van der Waals surface area contributed by atoms with Gasteiger partial charge in [-0.3, -0.25) is 14.4 Å². The van der Waals surface area contributed by atoms with E-state index in [1.165, 1.54) is 19.2 Å². The Morgan fingerprint density at radius 1 is 0.875 bits per heavy atom. The summed E-state index contributed by atoms with van der Waals surface area (Å²) in [5, 5.41) is 7.74. The third-order valence-electron chi connectivity index (χ3n) is 5.14. The van der Waals surface area contributed by atoms with Crippen molar-refractivity contribution in [1.82, 2.24) is 16.0 Å². The number of halogens is 3. The number of amides is 3. The van der Waals surface area contributed by atoms with Gasteiger partial charge in [-0.25, -0.2) is 4.79 Å². The van der Waals surface area contributed by atoms with Crippen LogP contribution in [0.25, 0.3) is 0 Å². The van der Waals surface area contributed by atoms with Crippen molar-refractivity contribution in [3.8, 4) is 5.75 Å². The Kier molecular flexibility index (Phi) is 11.3. The zero-order valence-corrected chi connectivity index (χ0v) is 22.5. The quantitative estimate of drug-likeness (QED) is 0.352. The summed E-state index contributed by atoms with van der Waals surface area (Å²) in [5.74, 6) is -1.88. The average Bonchev–Trinajstić information content (AvgIpc) is 2.86. The van der Waals surface area contributed by atoms with E-state index in [0.29, 0.717) is 12.0 Å². The largest absolute Gasteiger partial charge is 0.573 e. The van der Waals surface area contributed by atoms with Gasteiger partial charge in [-0.2, -0.15) is 0 Å². The minimum absolute atomic E-state index is 0.0509. The first kappa shape index (κ1) is 31.9. The number of benzene rings is 2. The van der Waals surface area contributed by atoms with Crippen molar-refractivity contribution >= 4 is 23.9 Å². The van der Waals surface area contributed by atoms with Crippen LogP contribution in [0.2, 0.25) is 0 Å². The van der Waals surface area contributed by atoms with Gasteiger partial charge in [0.2, 0.25) is 5.91 Å². The van der Waals surface area contributed by atoms with Crippen LogP contribution in [0.1, 0.15) is 54.7 Å². The first-order valence-corrected chi connectivity index (χ1v) is 12.2. The molecule has 0 bridgehead atoms. The SMILES string of the molecule is COC(=O)CCNC(=O)c1ccc(CCNC(=O)C(NC(=O)OC(C)(C)C)c2ccc(OC(F)(F)F)cc2)cc1. The molecule has 218 valence electrons. The Labute approximate surface area is 229 Å². The molecule has 0 saturated carbocycles. The van der Waals surface area contributed by atoms with Crippen LogP contribution >= 0.6 is 0 Å². The molecule has 2 aromatic carbocycles. The Morgan fingerprint density at radius 2 is 1.50 bits per heavy atom. The van der Waals surface area contributed by atoms with Crippen molar-refractivity contribution in [2.24, 2.45) is 0 Å². The molecular formula is C27H32F3N3O7. The first-order valence-electron chi connectivity index (χ1n) is 12.2. The fourth-order valence-electron chi connectivity index (χ4n) is 3.32. The summed E-state index contributed by atoms with van der Waals surface area (Å²) in [6, 6.07) is 9.89. The lowest BCUT2D eigenvalue weighted by Crippen LogP contribution is -2.43. The fourth-order valence-corrected chi connectivity index (χ4v) is 3.32. The molecule has 2 aromatic rings. The normalized spacial score (nSPS) is 12.1. The second kappa shape index (κ2) is 14.2. The number of carbonyl (C=O) groups is 4. The van der Waals surface area contributed by atoms with Gasteiger partial charge in [-0.05, 0) is 62.6 Å². The number of carbonyl (C=O) groups excluding carboxylic acids is 4. The third kappa shape index (κ3) is 11.6. The lowest BCUT2D eigenvalue weighted by molar-refractivity contribution is -0.274. The summed E-state index contributed by atoms with van der Waals surface area (Å²) in [7, 11) is 1.26. The summed E-state index contributed by atoms with van der Waals surface area (Å²) < 4.78 is 51.1. The molecule has 10 nitrogen and oxygen atoms in total. The summed E-state index contributed by atoms with van der Waals surface area (Å²) in [5.41, 5.74) is 0.550. The van der Waals surface area contributed by atoms with E-state index in [4.69, 9.17) is 4.74 Å². The van der Waals surface area contributed by atoms with Gasteiger partial charge in [0, 0.05) is 18.7 Å². The number of methoxy groups -OCH3 is 1. The van der Waals surface area contributed by atoms with Crippen molar-refractivity contribution in [2.75, 3.05) is 20.2 Å². The minimum Gasteiger partial charge on any atom is -0.469 e. The second-order valence-corrected chi connectivity index (χ2v) is 9.52. The number of ether oxygens (including phenoxy) is 3. The molecule has 2 rings (SSSR count). The lowest BCUT2D eigenvalue weighted by Gasteiger charge is -2.23. The highest BCUT2D eigenvalue weighted by atomic mass is 19.4. The van der Waals surface area contributed by atoms with Crippen molar-refractivity contribution in [1.29, 1.82) is 0 Å². The number of alkyl carbamates (subject to hydrolysis) is 1. The van der Waals surface area contributed by atoms with Gasteiger partial charge in [-0.1, -0.05) is 24.3 Å². The summed E-state index contributed by atoms with van der Waals surface area (Å²) in [4.78, 5) is 48.7. The van der Waals surface area contributed by atoms with Crippen LogP contribution < -0.4 is 20.7 Å².